The smallest absolute Gasteiger partial charge is 0.244 e. The van der Waals surface area contributed by atoms with Crippen molar-refractivity contribution in [1.82, 2.24) is 19.6 Å². The first-order chi connectivity index (χ1) is 10.0. The third-order valence-corrected chi connectivity index (χ3v) is 5.11. The largest absolute Gasteiger partial charge is 0.452 e. The Kier molecular flexibility index (Phi) is 5.57. The van der Waals surface area contributed by atoms with Crippen LogP contribution in [0, 0.1) is 0 Å². The molecule has 0 unspecified atom stereocenters. The first-order valence-corrected chi connectivity index (χ1v) is 8.69. The molecule has 0 atom stereocenters. The first kappa shape index (κ1) is 16.2. The molecule has 7 nitrogen and oxygen atoms in total. The number of nitrogens with zero attached hydrogens (tertiary/aromatic N) is 2. The summed E-state index contributed by atoms with van der Waals surface area (Å²) in [6.07, 6.45) is 5.90. The molecule has 0 bridgehead atoms. The van der Waals surface area contributed by atoms with E-state index in [9.17, 15) is 8.42 Å². The van der Waals surface area contributed by atoms with Crippen molar-refractivity contribution in [2.75, 3.05) is 13.6 Å². The molecule has 2 aromatic heterocycles. The maximum absolute atomic E-state index is 12.2. The second kappa shape index (κ2) is 7.21. The molecular weight excluding hydrogens is 360 g/mol. The fraction of sp³-hybridized carbons (Fsp3) is 0.417. The highest BCUT2D eigenvalue weighted by molar-refractivity contribution is 9.10. The number of aromatic nitrogens is 2. The molecule has 0 amide bonds. The Morgan fingerprint density at radius 1 is 1.48 bits per heavy atom. The number of imidazole rings is 1. The molecule has 0 aliphatic rings. The van der Waals surface area contributed by atoms with Gasteiger partial charge in [0.25, 0.3) is 0 Å². The van der Waals surface area contributed by atoms with Gasteiger partial charge in [0.1, 0.15) is 10.7 Å². The van der Waals surface area contributed by atoms with Gasteiger partial charge in [-0.3, -0.25) is 0 Å². The molecule has 0 aliphatic heterocycles. The summed E-state index contributed by atoms with van der Waals surface area (Å²) in [4.78, 5) is 4.05. The Morgan fingerprint density at radius 2 is 2.29 bits per heavy atom. The highest BCUT2D eigenvalue weighted by Crippen LogP contribution is 2.25. The number of rotatable bonds is 8. The van der Waals surface area contributed by atoms with Crippen LogP contribution in [0.2, 0.25) is 0 Å². The summed E-state index contributed by atoms with van der Waals surface area (Å²) < 4.78 is 34.4. The fourth-order valence-corrected chi connectivity index (χ4v) is 3.88. The summed E-state index contributed by atoms with van der Waals surface area (Å²) in [5.74, 6) is 0.558. The Bertz CT molecular complexity index is 667. The van der Waals surface area contributed by atoms with Gasteiger partial charge in [-0.15, -0.1) is 0 Å². The van der Waals surface area contributed by atoms with Crippen LogP contribution in [0.5, 0.6) is 0 Å². The highest BCUT2D eigenvalue weighted by Gasteiger charge is 2.21. The van der Waals surface area contributed by atoms with Crippen LogP contribution in [0.25, 0.3) is 0 Å². The Balaban J connectivity index is 1.91. The molecule has 2 heterocycles. The van der Waals surface area contributed by atoms with Crippen molar-refractivity contribution in [3.05, 3.63) is 35.2 Å². The van der Waals surface area contributed by atoms with E-state index in [2.05, 4.69) is 31.0 Å². The molecule has 0 saturated carbocycles. The van der Waals surface area contributed by atoms with Crippen LogP contribution in [0.1, 0.15) is 12.2 Å². The molecule has 0 spiro atoms. The lowest BCUT2D eigenvalue weighted by atomic mass is 10.4. The van der Waals surface area contributed by atoms with Crippen LogP contribution in [0.15, 0.2) is 38.8 Å². The van der Waals surface area contributed by atoms with E-state index in [1.807, 2.05) is 10.8 Å². The van der Waals surface area contributed by atoms with Crippen LogP contribution in [-0.2, 0) is 23.1 Å². The molecule has 0 aliphatic carbocycles. The van der Waals surface area contributed by atoms with E-state index in [4.69, 9.17) is 4.42 Å². The molecule has 0 aromatic carbocycles. The lowest BCUT2D eigenvalue weighted by molar-refractivity contribution is 0.470. The second-order valence-corrected chi connectivity index (χ2v) is 6.89. The van der Waals surface area contributed by atoms with E-state index in [0.29, 0.717) is 31.8 Å². The van der Waals surface area contributed by atoms with Gasteiger partial charge in [0.05, 0.1) is 12.9 Å². The normalized spacial score (nSPS) is 11.9. The number of furan rings is 1. The summed E-state index contributed by atoms with van der Waals surface area (Å²) in [5, 5.41) is 2.91. The number of nitrogens with one attached hydrogen (secondary N) is 2. The average molecular weight is 377 g/mol. The fourth-order valence-electron chi connectivity index (χ4n) is 1.81. The monoisotopic (exact) mass is 376 g/mol. The van der Waals surface area contributed by atoms with Crippen molar-refractivity contribution in [3.8, 4) is 0 Å². The highest BCUT2D eigenvalue weighted by atomic mass is 79.9. The Labute approximate surface area is 131 Å². The van der Waals surface area contributed by atoms with Crippen molar-refractivity contribution >= 4 is 26.0 Å². The number of hydrogen-bond acceptors (Lipinski definition) is 5. The predicted octanol–water partition coefficient (Wildman–Crippen LogP) is 1.33. The third-order valence-electron chi connectivity index (χ3n) is 2.79. The zero-order valence-corrected chi connectivity index (χ0v) is 13.9. The van der Waals surface area contributed by atoms with Gasteiger partial charge < -0.3 is 14.3 Å². The number of sulfonamides is 1. The summed E-state index contributed by atoms with van der Waals surface area (Å²) in [6.45, 7) is 1.52. The number of halogens is 1. The van der Waals surface area contributed by atoms with E-state index in [1.54, 1.807) is 19.6 Å². The van der Waals surface area contributed by atoms with Crippen molar-refractivity contribution in [1.29, 1.82) is 0 Å². The third kappa shape index (κ3) is 4.40. The second-order valence-electron chi connectivity index (χ2n) is 4.43. The van der Waals surface area contributed by atoms with E-state index in [-0.39, 0.29) is 9.56 Å². The van der Waals surface area contributed by atoms with Gasteiger partial charge >= 0.3 is 0 Å². The quantitative estimate of drug-likeness (QED) is 0.678. The Hall–Kier alpha value is -1.16. The lowest BCUT2D eigenvalue weighted by Gasteiger charge is -2.05. The topological polar surface area (TPSA) is 89.2 Å². The SMILES string of the molecule is CNCc1cc(S(=O)(=O)NCCCn2ccnc2)c(Br)o1. The maximum atomic E-state index is 12.2. The van der Waals surface area contributed by atoms with Gasteiger partial charge in [-0.2, -0.15) is 0 Å². The van der Waals surface area contributed by atoms with Crippen molar-refractivity contribution in [2.45, 2.75) is 24.4 Å². The minimum absolute atomic E-state index is 0.121. The van der Waals surface area contributed by atoms with E-state index in [0.717, 1.165) is 0 Å². The zero-order valence-electron chi connectivity index (χ0n) is 11.5. The van der Waals surface area contributed by atoms with Gasteiger partial charge in [0.2, 0.25) is 10.0 Å². The van der Waals surface area contributed by atoms with Crippen LogP contribution in [0.3, 0.4) is 0 Å². The molecule has 2 aromatic rings. The minimum Gasteiger partial charge on any atom is -0.452 e. The Morgan fingerprint density at radius 3 is 2.95 bits per heavy atom. The van der Waals surface area contributed by atoms with Gasteiger partial charge in [0.15, 0.2) is 4.67 Å². The average Bonchev–Trinajstić information content (AvgIpc) is 3.05. The lowest BCUT2D eigenvalue weighted by Crippen LogP contribution is -2.25. The van der Waals surface area contributed by atoms with Gasteiger partial charge in [0, 0.05) is 31.5 Å². The number of aryl methyl sites for hydroxylation is 1. The first-order valence-electron chi connectivity index (χ1n) is 6.41. The van der Waals surface area contributed by atoms with Crippen LogP contribution >= 0.6 is 15.9 Å². The van der Waals surface area contributed by atoms with E-state index >= 15 is 0 Å². The summed E-state index contributed by atoms with van der Waals surface area (Å²) in [7, 11) is -1.81. The van der Waals surface area contributed by atoms with Crippen molar-refractivity contribution < 1.29 is 12.8 Å². The predicted molar refractivity (Wildman–Crippen MR) is 81.2 cm³/mol. The number of hydrogen-bond donors (Lipinski definition) is 2. The molecular formula is C12H17BrN4O3S. The summed E-state index contributed by atoms with van der Waals surface area (Å²) in [6, 6.07) is 1.51. The minimum atomic E-state index is -3.57. The molecule has 0 saturated heterocycles. The summed E-state index contributed by atoms with van der Waals surface area (Å²) in [5.41, 5.74) is 0. The van der Waals surface area contributed by atoms with Crippen molar-refractivity contribution in [3.63, 3.8) is 0 Å². The van der Waals surface area contributed by atoms with Crippen LogP contribution in [0.4, 0.5) is 0 Å². The maximum Gasteiger partial charge on any atom is 0.244 e. The van der Waals surface area contributed by atoms with Crippen LogP contribution in [-0.4, -0.2) is 31.6 Å². The van der Waals surface area contributed by atoms with Crippen LogP contribution < -0.4 is 10.0 Å². The standard InChI is InChI=1S/C12H17BrN4O3S/c1-14-8-10-7-11(12(13)20-10)21(18,19)16-3-2-5-17-6-4-15-9-17/h4,6-7,9,14,16H,2-3,5,8H2,1H3. The molecule has 2 N–H and O–H groups in total. The molecule has 116 valence electrons. The molecule has 2 rings (SSSR count). The van der Waals surface area contributed by atoms with Gasteiger partial charge in [-0.05, 0) is 29.4 Å². The molecule has 21 heavy (non-hydrogen) atoms. The molecule has 0 radical (unpaired) electrons. The summed E-state index contributed by atoms with van der Waals surface area (Å²) >= 11 is 3.14. The molecule has 0 fully saturated rings. The van der Waals surface area contributed by atoms with Crippen molar-refractivity contribution in [2.24, 2.45) is 0 Å². The zero-order chi connectivity index (χ0) is 15.3. The van der Waals surface area contributed by atoms with E-state index < -0.39 is 10.0 Å². The van der Waals surface area contributed by atoms with Gasteiger partial charge in [-0.1, -0.05) is 0 Å². The molecule has 9 heteroatoms. The van der Waals surface area contributed by atoms with E-state index in [1.165, 1.54) is 6.07 Å². The van der Waals surface area contributed by atoms with Gasteiger partial charge in [-0.25, -0.2) is 18.1 Å².